The first-order chi connectivity index (χ1) is 7.65. The summed E-state index contributed by atoms with van der Waals surface area (Å²) in [6.45, 7) is 0. The highest BCUT2D eigenvalue weighted by atomic mass is 79.9. The van der Waals surface area contributed by atoms with Crippen LogP contribution in [-0.4, -0.2) is 20.2 Å². The minimum absolute atomic E-state index is 0.0318. The summed E-state index contributed by atoms with van der Waals surface area (Å²) in [5.41, 5.74) is 0. The third-order valence-electron chi connectivity index (χ3n) is 1.48. The van der Waals surface area contributed by atoms with Crippen LogP contribution in [0.25, 0.3) is 0 Å². The number of halogens is 3. The lowest BCUT2D eigenvalue weighted by Crippen LogP contribution is -1.95. The van der Waals surface area contributed by atoms with Gasteiger partial charge in [-0.3, -0.25) is 4.98 Å². The van der Waals surface area contributed by atoms with E-state index in [4.69, 9.17) is 27.9 Å². The molecule has 16 heavy (non-hydrogen) atoms. The molecule has 0 radical (unpaired) electrons. The molecule has 0 amide bonds. The van der Waals surface area contributed by atoms with Crippen LogP contribution in [-0.2, 0) is 0 Å². The summed E-state index contributed by atoms with van der Waals surface area (Å²) in [4.78, 5) is 7.71. The SMILES string of the molecule is Clc1nnc(Cl)c(Oc2cncc(Br)c2)n1. The zero-order valence-electron chi connectivity index (χ0n) is 7.56. The molecule has 5 nitrogen and oxygen atoms in total. The molecule has 0 aliphatic heterocycles. The quantitative estimate of drug-likeness (QED) is 0.850. The molecule has 2 heterocycles. The normalized spacial score (nSPS) is 10.2. The largest absolute Gasteiger partial charge is 0.435 e. The standard InChI is InChI=1S/C8H3BrCl2N4O/c9-4-1-5(3-12-2-4)16-7-6(10)14-15-8(11)13-7/h1-3H. The smallest absolute Gasteiger partial charge is 0.262 e. The molecule has 0 N–H and O–H groups in total. The first kappa shape index (κ1) is 11.5. The van der Waals surface area contributed by atoms with E-state index >= 15 is 0 Å². The molecule has 0 atom stereocenters. The highest BCUT2D eigenvalue weighted by Gasteiger charge is 2.08. The number of hydrogen-bond donors (Lipinski definition) is 0. The molecule has 82 valence electrons. The van der Waals surface area contributed by atoms with E-state index in [-0.39, 0.29) is 16.3 Å². The van der Waals surface area contributed by atoms with E-state index in [0.717, 1.165) is 4.47 Å². The molecule has 8 heteroatoms. The lowest BCUT2D eigenvalue weighted by atomic mass is 10.5. The average Bonchev–Trinajstić information content (AvgIpc) is 2.24. The predicted octanol–water partition coefficient (Wildman–Crippen LogP) is 3.13. The topological polar surface area (TPSA) is 60.8 Å². The van der Waals surface area contributed by atoms with E-state index < -0.39 is 0 Å². The van der Waals surface area contributed by atoms with Crippen molar-refractivity contribution in [3.8, 4) is 11.6 Å². The van der Waals surface area contributed by atoms with Crippen molar-refractivity contribution in [2.75, 3.05) is 0 Å². The molecule has 0 aliphatic carbocycles. The van der Waals surface area contributed by atoms with Crippen LogP contribution in [0.3, 0.4) is 0 Å². The van der Waals surface area contributed by atoms with Gasteiger partial charge in [-0.05, 0) is 33.6 Å². The second-order valence-corrected chi connectivity index (χ2v) is 4.23. The Hall–Kier alpha value is -0.980. The Morgan fingerprint density at radius 3 is 2.75 bits per heavy atom. The molecule has 2 rings (SSSR count). The lowest BCUT2D eigenvalue weighted by molar-refractivity contribution is 0.455. The molecule has 0 saturated carbocycles. The molecule has 0 fully saturated rings. The summed E-state index contributed by atoms with van der Waals surface area (Å²) >= 11 is 14.6. The van der Waals surface area contributed by atoms with Gasteiger partial charge < -0.3 is 4.74 Å². The molecule has 0 aromatic carbocycles. The molecule has 0 saturated heterocycles. The van der Waals surface area contributed by atoms with Crippen LogP contribution in [0, 0.1) is 0 Å². The van der Waals surface area contributed by atoms with Crippen molar-refractivity contribution in [1.29, 1.82) is 0 Å². The van der Waals surface area contributed by atoms with Gasteiger partial charge in [0, 0.05) is 10.7 Å². The van der Waals surface area contributed by atoms with Crippen LogP contribution < -0.4 is 4.74 Å². The molecule has 0 spiro atoms. The van der Waals surface area contributed by atoms with Crippen molar-refractivity contribution in [1.82, 2.24) is 20.2 Å². The van der Waals surface area contributed by atoms with Gasteiger partial charge >= 0.3 is 0 Å². The van der Waals surface area contributed by atoms with E-state index in [1.54, 1.807) is 12.3 Å². The molecule has 2 aromatic rings. The van der Waals surface area contributed by atoms with Gasteiger partial charge in [0.05, 0.1) is 6.20 Å². The molecule has 0 aliphatic rings. The van der Waals surface area contributed by atoms with Crippen molar-refractivity contribution in [2.45, 2.75) is 0 Å². The maximum atomic E-state index is 5.73. The number of ether oxygens (including phenoxy) is 1. The molecular formula is C8H3BrCl2N4O. The van der Waals surface area contributed by atoms with Gasteiger partial charge in [0.2, 0.25) is 10.4 Å². The van der Waals surface area contributed by atoms with E-state index in [9.17, 15) is 0 Å². The second kappa shape index (κ2) is 4.90. The average molecular weight is 322 g/mol. The van der Waals surface area contributed by atoms with Gasteiger partial charge in [0.25, 0.3) is 5.88 Å². The van der Waals surface area contributed by atoms with Crippen molar-refractivity contribution < 1.29 is 4.74 Å². The molecule has 0 unspecified atom stereocenters. The van der Waals surface area contributed by atoms with Gasteiger partial charge in [-0.25, -0.2) is 0 Å². The molecule has 2 aromatic heterocycles. The Morgan fingerprint density at radius 1 is 1.19 bits per heavy atom. The summed E-state index contributed by atoms with van der Waals surface area (Å²) in [5, 5.41) is 7.02. The maximum Gasteiger partial charge on any atom is 0.262 e. The summed E-state index contributed by atoms with van der Waals surface area (Å²) < 4.78 is 6.12. The number of hydrogen-bond acceptors (Lipinski definition) is 5. The van der Waals surface area contributed by atoms with Crippen molar-refractivity contribution >= 4 is 39.1 Å². The van der Waals surface area contributed by atoms with Crippen molar-refractivity contribution in [3.05, 3.63) is 33.4 Å². The summed E-state index contributed by atoms with van der Waals surface area (Å²) in [6, 6.07) is 1.71. The fraction of sp³-hybridized carbons (Fsp3) is 0. The Bertz CT molecular complexity index is 525. The minimum atomic E-state index is -0.0395. The van der Waals surface area contributed by atoms with Gasteiger partial charge in [-0.15, -0.1) is 10.2 Å². The Balaban J connectivity index is 2.30. The maximum absolute atomic E-state index is 5.73. The van der Waals surface area contributed by atoms with Gasteiger partial charge in [-0.1, -0.05) is 11.6 Å². The van der Waals surface area contributed by atoms with Crippen LogP contribution in [0.5, 0.6) is 11.6 Å². The van der Waals surface area contributed by atoms with E-state index in [0.29, 0.717) is 5.75 Å². The first-order valence-electron chi connectivity index (χ1n) is 3.99. The van der Waals surface area contributed by atoms with Crippen LogP contribution in [0.2, 0.25) is 10.4 Å². The molecule has 0 bridgehead atoms. The Kier molecular flexibility index (Phi) is 3.52. The van der Waals surface area contributed by atoms with Gasteiger partial charge in [0.15, 0.2) is 0 Å². The fourth-order valence-electron chi connectivity index (χ4n) is 0.905. The number of pyridine rings is 1. The third-order valence-corrected chi connectivity index (χ3v) is 2.32. The molecular weight excluding hydrogens is 319 g/mol. The summed E-state index contributed by atoms with van der Waals surface area (Å²) in [5.74, 6) is 0.550. The van der Waals surface area contributed by atoms with Crippen LogP contribution >= 0.6 is 39.1 Å². The summed E-state index contributed by atoms with van der Waals surface area (Å²) in [6.07, 6.45) is 3.14. The third kappa shape index (κ3) is 2.78. The van der Waals surface area contributed by atoms with Crippen molar-refractivity contribution in [3.63, 3.8) is 0 Å². The Labute approximate surface area is 109 Å². The van der Waals surface area contributed by atoms with E-state index in [1.807, 2.05) is 0 Å². The van der Waals surface area contributed by atoms with Gasteiger partial charge in [-0.2, -0.15) is 4.98 Å². The van der Waals surface area contributed by atoms with Crippen LogP contribution in [0.1, 0.15) is 0 Å². The van der Waals surface area contributed by atoms with Crippen LogP contribution in [0.15, 0.2) is 22.9 Å². The lowest BCUT2D eigenvalue weighted by Gasteiger charge is -2.04. The van der Waals surface area contributed by atoms with E-state index in [1.165, 1.54) is 6.20 Å². The van der Waals surface area contributed by atoms with Crippen molar-refractivity contribution in [2.24, 2.45) is 0 Å². The first-order valence-corrected chi connectivity index (χ1v) is 5.54. The number of rotatable bonds is 2. The highest BCUT2D eigenvalue weighted by molar-refractivity contribution is 9.10. The highest BCUT2D eigenvalue weighted by Crippen LogP contribution is 2.26. The summed E-state index contributed by atoms with van der Waals surface area (Å²) in [7, 11) is 0. The zero-order chi connectivity index (χ0) is 11.5. The fourth-order valence-corrected chi connectivity index (χ4v) is 1.48. The van der Waals surface area contributed by atoms with Gasteiger partial charge in [0.1, 0.15) is 5.75 Å². The monoisotopic (exact) mass is 320 g/mol. The predicted molar refractivity (Wildman–Crippen MR) is 61.9 cm³/mol. The minimum Gasteiger partial charge on any atom is -0.435 e. The zero-order valence-corrected chi connectivity index (χ0v) is 10.7. The second-order valence-electron chi connectivity index (χ2n) is 2.62. The van der Waals surface area contributed by atoms with Crippen LogP contribution in [0.4, 0.5) is 0 Å². The Morgan fingerprint density at radius 2 is 2.00 bits per heavy atom. The van der Waals surface area contributed by atoms with E-state index in [2.05, 4.69) is 36.1 Å². The number of nitrogens with zero attached hydrogens (tertiary/aromatic N) is 4. The number of aromatic nitrogens is 4.